The number of nitrogens with zero attached hydrogens (tertiary/aromatic N) is 2. The second-order valence-corrected chi connectivity index (χ2v) is 3.40. The Labute approximate surface area is 83.3 Å². The van der Waals surface area contributed by atoms with Crippen molar-refractivity contribution in [1.29, 1.82) is 0 Å². The summed E-state index contributed by atoms with van der Waals surface area (Å²) in [6.07, 6.45) is -2.84. The molecular weight excluding hydrogens is 213 g/mol. The lowest BCUT2D eigenvalue weighted by Crippen LogP contribution is -2.32. The van der Waals surface area contributed by atoms with E-state index in [9.17, 15) is 23.1 Å². The molecule has 0 bridgehead atoms. The highest BCUT2D eigenvalue weighted by Gasteiger charge is 2.32. The second kappa shape index (κ2) is 3.65. The molecule has 1 N–H and O–H groups in total. The smallest absolute Gasteiger partial charge is 0.381 e. The van der Waals surface area contributed by atoms with Crippen molar-refractivity contribution in [3.63, 3.8) is 0 Å². The molecule has 1 rings (SSSR count). The number of rotatable bonds is 3. The summed E-state index contributed by atoms with van der Waals surface area (Å²) >= 11 is 0. The van der Waals surface area contributed by atoms with Crippen molar-refractivity contribution in [3.05, 3.63) is 18.0 Å². The van der Waals surface area contributed by atoms with Gasteiger partial charge in [-0.15, -0.1) is 0 Å². The highest BCUT2D eigenvalue weighted by atomic mass is 19.4. The Hall–Kier alpha value is -1.37. The standard InChI is InChI=1S/C8H9F3N2O2/c1-7(15,5-14)4-13-3-6(2-12-13)8(9,10)11/h2-3,5,15H,4H2,1H3/t7-/m0/s1. The molecule has 15 heavy (non-hydrogen) atoms. The topological polar surface area (TPSA) is 55.1 Å². The minimum absolute atomic E-state index is 0.252. The van der Waals surface area contributed by atoms with Gasteiger partial charge in [-0.05, 0) is 6.92 Å². The van der Waals surface area contributed by atoms with Gasteiger partial charge in [0.25, 0.3) is 0 Å². The fraction of sp³-hybridized carbons (Fsp3) is 0.500. The highest BCUT2D eigenvalue weighted by Crippen LogP contribution is 2.28. The lowest BCUT2D eigenvalue weighted by Gasteiger charge is -2.14. The van der Waals surface area contributed by atoms with E-state index in [0.29, 0.717) is 6.20 Å². The molecule has 0 aromatic carbocycles. The quantitative estimate of drug-likeness (QED) is 0.771. The molecule has 0 saturated carbocycles. The van der Waals surface area contributed by atoms with Crippen LogP contribution in [0.4, 0.5) is 13.2 Å². The predicted molar refractivity (Wildman–Crippen MR) is 43.9 cm³/mol. The Kier molecular flexibility index (Phi) is 2.85. The number of aromatic nitrogens is 2. The summed E-state index contributed by atoms with van der Waals surface area (Å²) in [4.78, 5) is 10.3. The molecule has 0 amide bonds. The van der Waals surface area contributed by atoms with Crippen molar-refractivity contribution in [3.8, 4) is 0 Å². The van der Waals surface area contributed by atoms with Gasteiger partial charge < -0.3 is 9.90 Å². The number of carbonyl (C=O) groups excluding carboxylic acids is 1. The van der Waals surface area contributed by atoms with E-state index in [0.717, 1.165) is 10.9 Å². The van der Waals surface area contributed by atoms with E-state index in [1.54, 1.807) is 0 Å². The van der Waals surface area contributed by atoms with E-state index < -0.39 is 17.3 Å². The molecule has 0 aliphatic heterocycles. The third-order valence-corrected chi connectivity index (χ3v) is 1.70. The minimum Gasteiger partial charge on any atom is -0.381 e. The summed E-state index contributed by atoms with van der Waals surface area (Å²) in [5, 5.41) is 12.7. The van der Waals surface area contributed by atoms with Crippen LogP contribution < -0.4 is 0 Å². The Bertz CT molecular complexity index is 357. The molecule has 4 nitrogen and oxygen atoms in total. The van der Waals surface area contributed by atoms with Crippen LogP contribution in [0.15, 0.2) is 12.4 Å². The van der Waals surface area contributed by atoms with E-state index in [2.05, 4.69) is 5.10 Å². The number of hydrogen-bond donors (Lipinski definition) is 1. The maximum absolute atomic E-state index is 12.1. The normalized spacial score (nSPS) is 16.1. The van der Waals surface area contributed by atoms with Crippen LogP contribution in [0.2, 0.25) is 0 Å². The van der Waals surface area contributed by atoms with Gasteiger partial charge in [-0.25, -0.2) is 0 Å². The predicted octanol–water partition coefficient (Wildman–Crippen LogP) is 0.852. The highest BCUT2D eigenvalue weighted by molar-refractivity contribution is 5.60. The van der Waals surface area contributed by atoms with Gasteiger partial charge in [0.1, 0.15) is 5.60 Å². The van der Waals surface area contributed by atoms with Crippen LogP contribution in [0.5, 0.6) is 0 Å². The average molecular weight is 222 g/mol. The van der Waals surface area contributed by atoms with Crippen molar-refractivity contribution in [2.24, 2.45) is 0 Å². The van der Waals surface area contributed by atoms with Crippen molar-refractivity contribution >= 4 is 6.29 Å². The lowest BCUT2D eigenvalue weighted by atomic mass is 10.1. The lowest BCUT2D eigenvalue weighted by molar-refractivity contribution is -0.137. The van der Waals surface area contributed by atoms with Gasteiger partial charge >= 0.3 is 6.18 Å². The molecule has 0 aliphatic carbocycles. The van der Waals surface area contributed by atoms with Gasteiger partial charge in [0.2, 0.25) is 0 Å². The summed E-state index contributed by atoms with van der Waals surface area (Å²) in [5.41, 5.74) is -2.63. The molecule has 0 radical (unpaired) electrons. The number of hydrogen-bond acceptors (Lipinski definition) is 3. The first-order valence-electron chi connectivity index (χ1n) is 4.03. The number of aldehydes is 1. The minimum atomic E-state index is -4.47. The first-order chi connectivity index (χ1) is 6.74. The molecule has 0 unspecified atom stereocenters. The van der Waals surface area contributed by atoms with Gasteiger partial charge in [-0.3, -0.25) is 4.68 Å². The first-order valence-corrected chi connectivity index (χ1v) is 4.03. The number of halogens is 3. The van der Waals surface area contributed by atoms with Crippen LogP contribution in [-0.4, -0.2) is 26.8 Å². The van der Waals surface area contributed by atoms with Gasteiger partial charge in [0.15, 0.2) is 6.29 Å². The molecule has 1 aromatic heterocycles. The van der Waals surface area contributed by atoms with Crippen LogP contribution in [0.25, 0.3) is 0 Å². The van der Waals surface area contributed by atoms with E-state index in [1.807, 2.05) is 0 Å². The van der Waals surface area contributed by atoms with Crippen LogP contribution >= 0.6 is 0 Å². The monoisotopic (exact) mass is 222 g/mol. The van der Waals surface area contributed by atoms with Crippen molar-refractivity contribution < 1.29 is 23.1 Å². The van der Waals surface area contributed by atoms with Crippen LogP contribution in [0.3, 0.4) is 0 Å². The Morgan fingerprint density at radius 3 is 2.60 bits per heavy atom. The van der Waals surface area contributed by atoms with E-state index >= 15 is 0 Å². The number of alkyl halides is 3. The second-order valence-electron chi connectivity index (χ2n) is 3.40. The SMILES string of the molecule is C[C@@](O)(C=O)Cn1cc(C(F)(F)F)cn1. The number of aliphatic hydroxyl groups is 1. The van der Waals surface area contributed by atoms with Gasteiger partial charge in [0.05, 0.1) is 18.3 Å². The first kappa shape index (κ1) is 11.7. The van der Waals surface area contributed by atoms with Crippen molar-refractivity contribution in [2.75, 3.05) is 0 Å². The van der Waals surface area contributed by atoms with Crippen LogP contribution in [0, 0.1) is 0 Å². The maximum Gasteiger partial charge on any atom is 0.419 e. The molecule has 0 spiro atoms. The van der Waals surface area contributed by atoms with Crippen LogP contribution in [-0.2, 0) is 17.5 Å². The Balaban J connectivity index is 2.82. The summed E-state index contributed by atoms with van der Waals surface area (Å²) < 4.78 is 37.3. The maximum atomic E-state index is 12.1. The number of carbonyl (C=O) groups is 1. The van der Waals surface area contributed by atoms with E-state index in [1.165, 1.54) is 6.92 Å². The van der Waals surface area contributed by atoms with Crippen molar-refractivity contribution in [2.45, 2.75) is 25.2 Å². The third kappa shape index (κ3) is 3.05. The molecule has 0 fully saturated rings. The molecular formula is C8H9F3N2O2. The Morgan fingerprint density at radius 2 is 2.20 bits per heavy atom. The average Bonchev–Trinajstić information content (AvgIpc) is 2.51. The van der Waals surface area contributed by atoms with Crippen LogP contribution in [0.1, 0.15) is 12.5 Å². The van der Waals surface area contributed by atoms with Crippen molar-refractivity contribution in [1.82, 2.24) is 9.78 Å². The van der Waals surface area contributed by atoms with E-state index in [-0.39, 0.29) is 12.8 Å². The zero-order valence-electron chi connectivity index (χ0n) is 7.82. The molecule has 84 valence electrons. The summed E-state index contributed by atoms with van der Waals surface area (Å²) in [6.45, 7) is 0.877. The van der Waals surface area contributed by atoms with Gasteiger partial charge in [-0.1, -0.05) is 0 Å². The zero-order chi connectivity index (χ0) is 11.7. The summed E-state index contributed by atoms with van der Waals surface area (Å²) in [7, 11) is 0. The largest absolute Gasteiger partial charge is 0.419 e. The molecule has 0 saturated heterocycles. The molecule has 1 heterocycles. The summed E-state index contributed by atoms with van der Waals surface area (Å²) in [6, 6.07) is 0. The Morgan fingerprint density at radius 1 is 1.60 bits per heavy atom. The van der Waals surface area contributed by atoms with Gasteiger partial charge in [0, 0.05) is 6.20 Å². The van der Waals surface area contributed by atoms with Gasteiger partial charge in [-0.2, -0.15) is 18.3 Å². The molecule has 1 atom stereocenters. The fourth-order valence-electron chi connectivity index (χ4n) is 0.962. The molecule has 1 aromatic rings. The van der Waals surface area contributed by atoms with E-state index in [4.69, 9.17) is 0 Å². The molecule has 7 heteroatoms. The zero-order valence-corrected chi connectivity index (χ0v) is 7.82. The fourth-order valence-corrected chi connectivity index (χ4v) is 0.962. The summed E-state index contributed by atoms with van der Waals surface area (Å²) in [5.74, 6) is 0. The third-order valence-electron chi connectivity index (χ3n) is 1.70. The molecule has 0 aliphatic rings.